The van der Waals surface area contributed by atoms with Crippen LogP contribution in [0.1, 0.15) is 29.2 Å². The maximum Gasteiger partial charge on any atom is 0.258 e. The van der Waals surface area contributed by atoms with Gasteiger partial charge in [0.1, 0.15) is 17.8 Å². The van der Waals surface area contributed by atoms with Gasteiger partial charge < -0.3 is 9.88 Å². The maximum atomic E-state index is 12.7. The van der Waals surface area contributed by atoms with Gasteiger partial charge in [0.25, 0.3) is 5.91 Å². The number of rotatable bonds is 4. The average molecular weight is 435 g/mol. The van der Waals surface area contributed by atoms with Crippen LogP contribution in [0.2, 0.25) is 0 Å². The molecule has 1 amide bonds. The quantitative estimate of drug-likeness (QED) is 0.519. The fourth-order valence-corrected chi connectivity index (χ4v) is 3.47. The van der Waals surface area contributed by atoms with Crippen molar-refractivity contribution < 1.29 is 4.79 Å². The van der Waals surface area contributed by atoms with E-state index in [1.165, 1.54) is 0 Å². The lowest BCUT2D eigenvalue weighted by Gasteiger charge is -2.08. The van der Waals surface area contributed by atoms with Gasteiger partial charge in [-0.05, 0) is 49.2 Å². The van der Waals surface area contributed by atoms with Crippen molar-refractivity contribution in [2.75, 3.05) is 5.32 Å². The zero-order valence-electron chi connectivity index (χ0n) is 14.7. The number of pyridine rings is 2. The number of anilines is 1. The summed E-state index contributed by atoms with van der Waals surface area (Å²) in [5.41, 5.74) is 1.99. The predicted octanol–water partition coefficient (Wildman–Crippen LogP) is 4.24. The number of fused-ring (bicyclic) bond motifs is 1. The topological polar surface area (TPSA) is 85.6 Å². The van der Waals surface area contributed by atoms with E-state index >= 15 is 0 Å². The highest BCUT2D eigenvalue weighted by Gasteiger charge is 2.27. The fraction of sp³-hybridized carbons (Fsp3) is 0.150. The van der Waals surface area contributed by atoms with Crippen LogP contribution >= 0.6 is 15.9 Å². The smallest absolute Gasteiger partial charge is 0.258 e. The Kier molecular flexibility index (Phi) is 4.12. The van der Waals surface area contributed by atoms with Gasteiger partial charge in [-0.2, -0.15) is 0 Å². The molecule has 0 aliphatic heterocycles. The third kappa shape index (κ3) is 3.27. The SMILES string of the molecule is O=C(Nc1cccc(-c2nncn2C2CC2)n1)c1cnc2ccc(Br)cc2c1. The molecule has 3 heterocycles. The molecule has 1 aliphatic carbocycles. The zero-order chi connectivity index (χ0) is 19.1. The largest absolute Gasteiger partial charge is 0.309 e. The number of amides is 1. The number of hydrogen-bond donors (Lipinski definition) is 1. The Hall–Kier alpha value is -3.13. The Bertz CT molecular complexity index is 1200. The number of carbonyl (C=O) groups is 1. The molecule has 1 N–H and O–H groups in total. The number of nitrogens with zero attached hydrogens (tertiary/aromatic N) is 5. The van der Waals surface area contributed by atoms with Crippen LogP contribution in [0.5, 0.6) is 0 Å². The highest BCUT2D eigenvalue weighted by atomic mass is 79.9. The first-order chi connectivity index (χ1) is 13.7. The maximum absolute atomic E-state index is 12.7. The molecule has 0 atom stereocenters. The molecule has 7 nitrogen and oxygen atoms in total. The average Bonchev–Trinajstić information content (AvgIpc) is 3.43. The molecule has 0 saturated heterocycles. The molecule has 8 heteroatoms. The van der Waals surface area contributed by atoms with Crippen molar-refractivity contribution in [3.8, 4) is 11.5 Å². The summed E-state index contributed by atoms with van der Waals surface area (Å²) in [5, 5.41) is 11.9. The van der Waals surface area contributed by atoms with Crippen LogP contribution in [0.4, 0.5) is 5.82 Å². The van der Waals surface area contributed by atoms with E-state index in [-0.39, 0.29) is 5.91 Å². The highest BCUT2D eigenvalue weighted by molar-refractivity contribution is 9.10. The minimum atomic E-state index is -0.261. The van der Waals surface area contributed by atoms with E-state index in [2.05, 4.69) is 41.4 Å². The molecule has 0 spiro atoms. The molecule has 3 aromatic heterocycles. The van der Waals surface area contributed by atoms with Gasteiger partial charge in [0, 0.05) is 22.1 Å². The van der Waals surface area contributed by atoms with E-state index in [1.54, 1.807) is 18.6 Å². The lowest BCUT2D eigenvalue weighted by atomic mass is 10.1. The Morgan fingerprint density at radius 3 is 2.93 bits per heavy atom. The van der Waals surface area contributed by atoms with Crippen LogP contribution in [0, 0.1) is 0 Å². The molecule has 1 fully saturated rings. The minimum absolute atomic E-state index is 0.261. The molecule has 0 radical (unpaired) electrons. The van der Waals surface area contributed by atoms with Crippen molar-refractivity contribution >= 4 is 38.6 Å². The minimum Gasteiger partial charge on any atom is -0.309 e. The normalized spacial score (nSPS) is 13.6. The van der Waals surface area contributed by atoms with Crippen LogP contribution in [0.3, 0.4) is 0 Å². The van der Waals surface area contributed by atoms with Gasteiger partial charge in [0.2, 0.25) is 0 Å². The molecule has 0 bridgehead atoms. The highest BCUT2D eigenvalue weighted by Crippen LogP contribution is 2.37. The molecular formula is C20H15BrN6O. The molecule has 138 valence electrons. The third-order valence-corrected chi connectivity index (χ3v) is 5.13. The van der Waals surface area contributed by atoms with Crippen LogP contribution in [0.25, 0.3) is 22.4 Å². The second kappa shape index (κ2) is 6.79. The number of benzene rings is 1. The first kappa shape index (κ1) is 17.0. The van der Waals surface area contributed by atoms with Crippen molar-refractivity contribution in [2.24, 2.45) is 0 Å². The van der Waals surface area contributed by atoms with Gasteiger partial charge in [-0.1, -0.05) is 22.0 Å². The van der Waals surface area contributed by atoms with Crippen LogP contribution in [0.15, 0.2) is 59.5 Å². The van der Waals surface area contributed by atoms with E-state index in [0.717, 1.165) is 34.0 Å². The van der Waals surface area contributed by atoms with E-state index in [0.29, 0.717) is 23.1 Å². The van der Waals surface area contributed by atoms with E-state index < -0.39 is 0 Å². The Morgan fingerprint density at radius 2 is 2.07 bits per heavy atom. The van der Waals surface area contributed by atoms with Crippen LogP contribution < -0.4 is 5.32 Å². The van der Waals surface area contributed by atoms with Crippen molar-refractivity contribution in [1.82, 2.24) is 24.7 Å². The number of aromatic nitrogens is 5. The summed E-state index contributed by atoms with van der Waals surface area (Å²) in [7, 11) is 0. The van der Waals surface area contributed by atoms with Crippen molar-refractivity contribution in [3.63, 3.8) is 0 Å². The van der Waals surface area contributed by atoms with Gasteiger partial charge in [-0.25, -0.2) is 4.98 Å². The summed E-state index contributed by atoms with van der Waals surface area (Å²) < 4.78 is 2.98. The molecule has 1 saturated carbocycles. The lowest BCUT2D eigenvalue weighted by molar-refractivity contribution is 0.102. The molecule has 28 heavy (non-hydrogen) atoms. The third-order valence-electron chi connectivity index (χ3n) is 4.64. The van der Waals surface area contributed by atoms with E-state index in [1.807, 2.05) is 41.0 Å². The molecule has 5 rings (SSSR count). The second-order valence-corrected chi connectivity index (χ2v) is 7.63. The first-order valence-corrected chi connectivity index (χ1v) is 9.70. The van der Waals surface area contributed by atoms with Gasteiger partial charge in [-0.3, -0.25) is 9.78 Å². The second-order valence-electron chi connectivity index (χ2n) is 6.72. The van der Waals surface area contributed by atoms with Crippen molar-refractivity contribution in [1.29, 1.82) is 0 Å². The molecule has 0 unspecified atom stereocenters. The van der Waals surface area contributed by atoms with Crippen LogP contribution in [-0.2, 0) is 0 Å². The number of halogens is 1. The number of hydrogen-bond acceptors (Lipinski definition) is 5. The van der Waals surface area contributed by atoms with E-state index in [9.17, 15) is 4.79 Å². The van der Waals surface area contributed by atoms with E-state index in [4.69, 9.17) is 0 Å². The van der Waals surface area contributed by atoms with Crippen molar-refractivity contribution in [2.45, 2.75) is 18.9 Å². The summed E-state index contributed by atoms with van der Waals surface area (Å²) in [6.45, 7) is 0. The molecular weight excluding hydrogens is 420 g/mol. The van der Waals surface area contributed by atoms with Gasteiger partial charge in [0.05, 0.1) is 11.1 Å². The number of carbonyl (C=O) groups excluding carboxylic acids is 1. The van der Waals surface area contributed by atoms with Crippen LogP contribution in [-0.4, -0.2) is 30.6 Å². The molecule has 4 aromatic rings. The fourth-order valence-electron chi connectivity index (χ4n) is 3.09. The summed E-state index contributed by atoms with van der Waals surface area (Å²) in [6.07, 6.45) is 5.57. The van der Waals surface area contributed by atoms with Gasteiger partial charge in [0.15, 0.2) is 5.82 Å². The van der Waals surface area contributed by atoms with Crippen molar-refractivity contribution in [3.05, 3.63) is 65.0 Å². The zero-order valence-corrected chi connectivity index (χ0v) is 16.3. The Morgan fingerprint density at radius 1 is 1.18 bits per heavy atom. The molecule has 1 aromatic carbocycles. The predicted molar refractivity (Wildman–Crippen MR) is 109 cm³/mol. The number of nitrogens with one attached hydrogen (secondary N) is 1. The lowest BCUT2D eigenvalue weighted by Crippen LogP contribution is -2.13. The monoisotopic (exact) mass is 434 g/mol. The summed E-state index contributed by atoms with van der Waals surface area (Å²) >= 11 is 3.44. The van der Waals surface area contributed by atoms with Gasteiger partial charge in [-0.15, -0.1) is 10.2 Å². The first-order valence-electron chi connectivity index (χ1n) is 8.91. The Labute approximate surface area is 169 Å². The molecule has 1 aliphatic rings. The Balaban J connectivity index is 1.41. The summed E-state index contributed by atoms with van der Waals surface area (Å²) in [5.74, 6) is 0.917. The standard InChI is InChI=1S/C20H15BrN6O/c21-14-4-7-16-12(9-14)8-13(10-22-16)20(28)25-18-3-1-2-17(24-18)19-26-23-11-27(19)15-5-6-15/h1-4,7-11,15H,5-6H2,(H,24,25,28). The van der Waals surface area contributed by atoms with Gasteiger partial charge >= 0.3 is 0 Å². The summed E-state index contributed by atoms with van der Waals surface area (Å²) in [4.78, 5) is 21.6. The summed E-state index contributed by atoms with van der Waals surface area (Å²) in [6, 6.07) is 13.5.